The van der Waals surface area contributed by atoms with Crippen LogP contribution in [0.2, 0.25) is 0 Å². The maximum absolute atomic E-state index is 14.0. The van der Waals surface area contributed by atoms with Gasteiger partial charge in [-0.2, -0.15) is 0 Å². The Kier molecular flexibility index (Phi) is 7.99. The number of Topliss-reactive ketones (excluding diaryl/α,β-unsaturated/α-hetero) is 1. The summed E-state index contributed by atoms with van der Waals surface area (Å²) in [6.45, 7) is 1.50. The third-order valence-electron chi connectivity index (χ3n) is 7.44. The van der Waals surface area contributed by atoms with Gasteiger partial charge in [0.2, 0.25) is 18.6 Å². The third kappa shape index (κ3) is 5.59. The van der Waals surface area contributed by atoms with E-state index in [1.807, 2.05) is 29.6 Å². The Labute approximate surface area is 257 Å². The van der Waals surface area contributed by atoms with Crippen molar-refractivity contribution in [3.05, 3.63) is 82.7 Å². The van der Waals surface area contributed by atoms with Crippen molar-refractivity contribution in [2.24, 2.45) is 0 Å². The third-order valence-corrected chi connectivity index (χ3v) is 8.27. The zero-order chi connectivity index (χ0) is 30.8. The van der Waals surface area contributed by atoms with Gasteiger partial charge in [0.15, 0.2) is 11.5 Å². The number of carbonyl (C=O) groups excluding carboxylic acids is 4. The molecule has 11 nitrogen and oxygen atoms in total. The highest BCUT2D eigenvalue weighted by Crippen LogP contribution is 2.35. The summed E-state index contributed by atoms with van der Waals surface area (Å²) in [5.41, 5.74) is 2.68. The molecule has 3 heterocycles. The number of hydrogen-bond donors (Lipinski definition) is 1. The standard InChI is InChI=1S/C32H28N4O7S/c1-3-24(31(39)33-20-10-13-26-27(14-20)43-18-42-26)35(15-28-34-23(17-44-28)19-8-11-21(41-2)12-9-19)29(37)16-36-25-7-5-4-6-22(25)30(38)32(36)40/h4-14,17,24H,3,15-16,18H2,1-2H3,(H,33,39). The largest absolute Gasteiger partial charge is 0.497 e. The molecule has 1 aromatic heterocycles. The molecule has 2 aliphatic heterocycles. The first kappa shape index (κ1) is 28.9. The van der Waals surface area contributed by atoms with Gasteiger partial charge in [-0.25, -0.2) is 4.98 Å². The number of para-hydroxylation sites is 1. The van der Waals surface area contributed by atoms with Gasteiger partial charge in [-0.05, 0) is 55.0 Å². The van der Waals surface area contributed by atoms with Crippen LogP contribution in [-0.4, -0.2) is 59.9 Å². The zero-order valence-electron chi connectivity index (χ0n) is 23.9. The van der Waals surface area contributed by atoms with Crippen molar-refractivity contribution in [1.29, 1.82) is 0 Å². The molecule has 4 aromatic rings. The second-order valence-electron chi connectivity index (χ2n) is 10.1. The van der Waals surface area contributed by atoms with Crippen LogP contribution in [-0.2, 0) is 20.9 Å². The van der Waals surface area contributed by atoms with E-state index < -0.39 is 36.1 Å². The molecule has 3 aromatic carbocycles. The van der Waals surface area contributed by atoms with Crippen molar-refractivity contribution in [2.45, 2.75) is 25.9 Å². The minimum absolute atomic E-state index is 0.0182. The summed E-state index contributed by atoms with van der Waals surface area (Å²) in [6.07, 6.45) is 0.280. The lowest BCUT2D eigenvalue weighted by atomic mass is 10.1. The number of aromatic nitrogens is 1. The Hall–Kier alpha value is -5.23. The first-order valence-electron chi connectivity index (χ1n) is 13.9. The van der Waals surface area contributed by atoms with Gasteiger partial charge in [-0.3, -0.25) is 24.1 Å². The SMILES string of the molecule is CCC(C(=O)Nc1ccc2c(c1)OCO2)N(Cc1nc(-c2ccc(OC)cc2)cs1)C(=O)CN1C(=O)C(=O)c2ccccc21. The molecule has 1 N–H and O–H groups in total. The minimum Gasteiger partial charge on any atom is -0.497 e. The number of ether oxygens (including phenoxy) is 3. The number of amides is 3. The summed E-state index contributed by atoms with van der Waals surface area (Å²) >= 11 is 1.36. The monoisotopic (exact) mass is 612 g/mol. The normalized spacial score (nSPS) is 13.9. The molecule has 0 spiro atoms. The number of rotatable bonds is 10. The Morgan fingerprint density at radius 3 is 2.61 bits per heavy atom. The number of carbonyl (C=O) groups is 4. The average molecular weight is 613 g/mol. The van der Waals surface area contributed by atoms with Crippen LogP contribution in [0, 0.1) is 0 Å². The molecular formula is C32H28N4O7S. The highest BCUT2D eigenvalue weighted by Gasteiger charge is 2.39. The van der Waals surface area contributed by atoms with Crippen LogP contribution in [0.1, 0.15) is 28.7 Å². The summed E-state index contributed by atoms with van der Waals surface area (Å²) in [7, 11) is 1.60. The molecule has 0 fully saturated rings. The van der Waals surface area contributed by atoms with Crippen LogP contribution < -0.4 is 24.4 Å². The second kappa shape index (κ2) is 12.2. The van der Waals surface area contributed by atoms with Crippen LogP contribution >= 0.6 is 11.3 Å². The maximum Gasteiger partial charge on any atom is 0.299 e. The van der Waals surface area contributed by atoms with E-state index in [1.165, 1.54) is 21.1 Å². The van der Waals surface area contributed by atoms with Gasteiger partial charge < -0.3 is 24.4 Å². The van der Waals surface area contributed by atoms with Crippen molar-refractivity contribution >= 4 is 46.2 Å². The predicted molar refractivity (Wildman–Crippen MR) is 163 cm³/mol. The van der Waals surface area contributed by atoms with Crippen LogP contribution in [0.4, 0.5) is 11.4 Å². The summed E-state index contributed by atoms with van der Waals surface area (Å²) in [5, 5.41) is 5.36. The van der Waals surface area contributed by atoms with Crippen molar-refractivity contribution in [2.75, 3.05) is 30.7 Å². The number of nitrogens with zero attached hydrogens (tertiary/aromatic N) is 3. The van der Waals surface area contributed by atoms with Crippen LogP contribution in [0.25, 0.3) is 11.3 Å². The number of anilines is 2. The molecule has 0 aliphatic carbocycles. The highest BCUT2D eigenvalue weighted by molar-refractivity contribution is 7.09. The molecule has 1 atom stereocenters. The second-order valence-corrected chi connectivity index (χ2v) is 11.0. The van der Waals surface area contributed by atoms with E-state index >= 15 is 0 Å². The molecular weight excluding hydrogens is 584 g/mol. The lowest BCUT2D eigenvalue weighted by molar-refractivity contribution is -0.138. The van der Waals surface area contributed by atoms with E-state index in [0.717, 1.165) is 11.3 Å². The van der Waals surface area contributed by atoms with Gasteiger partial charge in [-0.1, -0.05) is 19.1 Å². The summed E-state index contributed by atoms with van der Waals surface area (Å²) in [4.78, 5) is 60.5. The molecule has 0 radical (unpaired) electrons. The molecule has 0 saturated heterocycles. The molecule has 0 saturated carbocycles. The van der Waals surface area contributed by atoms with E-state index in [-0.39, 0.29) is 25.3 Å². The van der Waals surface area contributed by atoms with Gasteiger partial charge in [0, 0.05) is 22.7 Å². The zero-order valence-corrected chi connectivity index (χ0v) is 24.8. The molecule has 2 aliphatic rings. The smallest absolute Gasteiger partial charge is 0.299 e. The first-order chi connectivity index (χ1) is 21.4. The van der Waals surface area contributed by atoms with Gasteiger partial charge in [0.1, 0.15) is 23.3 Å². The molecule has 6 rings (SSSR count). The molecule has 3 amide bonds. The topological polar surface area (TPSA) is 127 Å². The fourth-order valence-electron chi connectivity index (χ4n) is 5.17. The number of nitrogens with one attached hydrogen (secondary N) is 1. The first-order valence-corrected chi connectivity index (χ1v) is 14.8. The van der Waals surface area contributed by atoms with Crippen LogP contribution in [0.3, 0.4) is 0 Å². The van der Waals surface area contributed by atoms with Crippen molar-refractivity contribution in [3.8, 4) is 28.5 Å². The molecule has 224 valence electrons. The van der Waals surface area contributed by atoms with Gasteiger partial charge in [-0.15, -0.1) is 11.3 Å². The lowest BCUT2D eigenvalue weighted by Gasteiger charge is -2.31. The van der Waals surface area contributed by atoms with E-state index in [9.17, 15) is 19.2 Å². The Balaban J connectivity index is 1.28. The number of ketones is 1. The van der Waals surface area contributed by atoms with E-state index in [1.54, 1.807) is 56.5 Å². The van der Waals surface area contributed by atoms with Gasteiger partial charge in [0.05, 0.1) is 30.6 Å². The minimum atomic E-state index is -0.912. The van der Waals surface area contributed by atoms with E-state index in [0.29, 0.717) is 33.6 Å². The molecule has 44 heavy (non-hydrogen) atoms. The summed E-state index contributed by atoms with van der Waals surface area (Å²) in [5.74, 6) is -0.573. The van der Waals surface area contributed by atoms with E-state index in [4.69, 9.17) is 19.2 Å². The molecule has 12 heteroatoms. The van der Waals surface area contributed by atoms with Crippen LogP contribution in [0.5, 0.6) is 17.2 Å². The quantitative estimate of drug-likeness (QED) is 0.259. The number of methoxy groups -OCH3 is 1. The Bertz CT molecular complexity index is 1750. The Morgan fingerprint density at radius 2 is 1.84 bits per heavy atom. The summed E-state index contributed by atoms with van der Waals surface area (Å²) in [6, 6.07) is 18.1. The number of hydrogen-bond acceptors (Lipinski definition) is 9. The van der Waals surface area contributed by atoms with Crippen LogP contribution in [0.15, 0.2) is 72.1 Å². The number of fused-ring (bicyclic) bond motifs is 2. The average Bonchev–Trinajstić information content (AvgIpc) is 3.77. The van der Waals surface area contributed by atoms with Crippen molar-refractivity contribution in [3.63, 3.8) is 0 Å². The van der Waals surface area contributed by atoms with E-state index in [2.05, 4.69) is 5.32 Å². The maximum atomic E-state index is 14.0. The number of benzene rings is 3. The highest BCUT2D eigenvalue weighted by atomic mass is 32.1. The van der Waals surface area contributed by atoms with Crippen molar-refractivity contribution in [1.82, 2.24) is 9.88 Å². The Morgan fingerprint density at radius 1 is 1.07 bits per heavy atom. The van der Waals surface area contributed by atoms with Crippen molar-refractivity contribution < 1.29 is 33.4 Å². The van der Waals surface area contributed by atoms with Gasteiger partial charge in [0.25, 0.3) is 11.7 Å². The lowest BCUT2D eigenvalue weighted by Crippen LogP contribution is -2.50. The molecule has 0 bridgehead atoms. The fraction of sp³-hybridized carbons (Fsp3) is 0.219. The predicted octanol–water partition coefficient (Wildman–Crippen LogP) is 4.52. The molecule has 1 unspecified atom stereocenters. The summed E-state index contributed by atoms with van der Waals surface area (Å²) < 4.78 is 16.0. The van der Waals surface area contributed by atoms with Gasteiger partial charge >= 0.3 is 0 Å². The fourth-order valence-corrected chi connectivity index (χ4v) is 5.98. The number of thiazole rings is 1.